The number of benzene rings is 1. The number of carbonyl (C=O) groups is 1. The van der Waals surface area contributed by atoms with Crippen LogP contribution in [0.2, 0.25) is 0 Å². The summed E-state index contributed by atoms with van der Waals surface area (Å²) in [5, 5.41) is 61.2. The van der Waals surface area contributed by atoms with Crippen LogP contribution in [0, 0.1) is 0 Å². The molecule has 0 spiro atoms. The Bertz CT molecular complexity index is 831. The molecule has 0 aliphatic carbocycles. The molecule has 1 saturated heterocycles. The molecule has 5 unspecified atom stereocenters. The summed E-state index contributed by atoms with van der Waals surface area (Å²) in [6.45, 7) is 1.40. The second-order valence-electron chi connectivity index (χ2n) is 7.62. The zero-order valence-corrected chi connectivity index (χ0v) is 18.2. The Hall–Kier alpha value is -2.43. The van der Waals surface area contributed by atoms with Gasteiger partial charge < -0.3 is 40.1 Å². The number of allylic oxidation sites excluding steroid dienone is 4. The Kier molecular flexibility index (Phi) is 9.67. The van der Waals surface area contributed by atoms with Crippen molar-refractivity contribution in [1.29, 1.82) is 0 Å². The van der Waals surface area contributed by atoms with Crippen LogP contribution < -0.4 is 0 Å². The quantitative estimate of drug-likeness (QED) is 0.240. The van der Waals surface area contributed by atoms with Crippen molar-refractivity contribution in [3.63, 3.8) is 0 Å². The van der Waals surface area contributed by atoms with Gasteiger partial charge in [0.25, 0.3) is 0 Å². The minimum atomic E-state index is -1.74. The first-order valence-corrected chi connectivity index (χ1v) is 10.6. The summed E-state index contributed by atoms with van der Waals surface area (Å²) in [5.74, 6) is -1.99. The smallest absolute Gasteiger partial charge is 0.341 e. The highest BCUT2D eigenvalue weighted by atomic mass is 16.5. The van der Waals surface area contributed by atoms with Gasteiger partial charge in [0.15, 0.2) is 0 Å². The topological polar surface area (TPSA) is 157 Å². The molecule has 1 fully saturated rings. The molecule has 1 aliphatic rings. The Morgan fingerprint density at radius 1 is 1.09 bits per heavy atom. The molecule has 0 bridgehead atoms. The predicted molar refractivity (Wildman–Crippen MR) is 115 cm³/mol. The largest absolute Gasteiger partial charge is 0.507 e. The van der Waals surface area contributed by atoms with Gasteiger partial charge in [-0.15, -0.1) is 0 Å². The highest BCUT2D eigenvalue weighted by Gasteiger charge is 2.46. The zero-order valence-electron chi connectivity index (χ0n) is 18.2. The first kappa shape index (κ1) is 25.8. The van der Waals surface area contributed by atoms with Crippen molar-refractivity contribution < 1.29 is 44.9 Å². The van der Waals surface area contributed by atoms with Gasteiger partial charge in [-0.3, -0.25) is 0 Å². The minimum Gasteiger partial charge on any atom is -0.507 e. The number of hydrogen-bond donors (Lipinski definition) is 6. The number of ether oxygens (including phenoxy) is 2. The molecular weight excluding hydrogens is 420 g/mol. The van der Waals surface area contributed by atoms with Crippen LogP contribution in [0.15, 0.2) is 30.4 Å². The number of rotatable bonds is 9. The standard InChI is InChI=1S/C23H32O9/c1-3-4-5-6-7-8-9-10-13-11-14(25)17(19(27)16(13)23(30)31-2)22-21(29)20(28)18(26)15(12-24)32-22/h5-8,11,15,18,20-22,24-29H,3-4,9-10,12H2,1-2H3. The number of carbonyl (C=O) groups excluding carboxylic acids is 1. The van der Waals surface area contributed by atoms with E-state index in [9.17, 15) is 35.4 Å². The van der Waals surface area contributed by atoms with Gasteiger partial charge in [0.1, 0.15) is 47.6 Å². The van der Waals surface area contributed by atoms with Gasteiger partial charge in [0, 0.05) is 0 Å². The number of unbranched alkanes of at least 4 members (excludes halogenated alkanes) is 1. The lowest BCUT2D eigenvalue weighted by Gasteiger charge is -2.40. The van der Waals surface area contributed by atoms with E-state index >= 15 is 0 Å². The fourth-order valence-electron chi connectivity index (χ4n) is 3.63. The van der Waals surface area contributed by atoms with Crippen LogP contribution >= 0.6 is 0 Å². The predicted octanol–water partition coefficient (Wildman–Crippen LogP) is 1.24. The SMILES string of the molecule is CCCC=CC=CCCc1cc(O)c(C2OC(CO)C(O)C(O)C2O)c(O)c1C(=O)OC. The molecule has 9 nitrogen and oxygen atoms in total. The van der Waals surface area contributed by atoms with E-state index in [1.165, 1.54) is 6.07 Å². The van der Waals surface area contributed by atoms with Crippen molar-refractivity contribution in [2.24, 2.45) is 0 Å². The number of aliphatic hydroxyl groups is 4. The molecular formula is C23H32O9. The Balaban J connectivity index is 2.39. The van der Waals surface area contributed by atoms with E-state index in [0.29, 0.717) is 18.4 Å². The third-order valence-electron chi connectivity index (χ3n) is 5.39. The Morgan fingerprint density at radius 3 is 2.34 bits per heavy atom. The summed E-state index contributed by atoms with van der Waals surface area (Å²) in [6, 6.07) is 1.27. The molecule has 2 rings (SSSR count). The Morgan fingerprint density at radius 2 is 1.75 bits per heavy atom. The lowest BCUT2D eigenvalue weighted by Crippen LogP contribution is -2.55. The normalized spacial score (nSPS) is 26.1. The van der Waals surface area contributed by atoms with Crippen molar-refractivity contribution >= 4 is 5.97 Å². The highest BCUT2D eigenvalue weighted by Crippen LogP contribution is 2.44. The van der Waals surface area contributed by atoms with E-state index in [4.69, 9.17) is 9.47 Å². The maximum Gasteiger partial charge on any atom is 0.341 e. The molecule has 1 aromatic carbocycles. The third-order valence-corrected chi connectivity index (χ3v) is 5.39. The molecule has 0 radical (unpaired) electrons. The molecule has 5 atom stereocenters. The van der Waals surface area contributed by atoms with Gasteiger partial charge in [-0.2, -0.15) is 0 Å². The van der Waals surface area contributed by atoms with Crippen molar-refractivity contribution in [1.82, 2.24) is 0 Å². The van der Waals surface area contributed by atoms with E-state index in [1.54, 1.807) is 0 Å². The molecule has 9 heteroatoms. The van der Waals surface area contributed by atoms with Gasteiger partial charge in [-0.25, -0.2) is 4.79 Å². The average Bonchev–Trinajstić information content (AvgIpc) is 2.77. The van der Waals surface area contributed by atoms with Crippen LogP contribution in [0.1, 0.15) is 53.8 Å². The molecule has 0 saturated carbocycles. The highest BCUT2D eigenvalue weighted by molar-refractivity contribution is 5.95. The summed E-state index contributed by atoms with van der Waals surface area (Å²) in [6.07, 6.45) is 2.73. The number of esters is 1. The van der Waals surface area contributed by atoms with Crippen molar-refractivity contribution in [3.05, 3.63) is 47.1 Å². The van der Waals surface area contributed by atoms with Crippen LogP contribution in [0.25, 0.3) is 0 Å². The summed E-state index contributed by atoms with van der Waals surface area (Å²) >= 11 is 0. The van der Waals surface area contributed by atoms with E-state index in [2.05, 4.69) is 6.92 Å². The maximum atomic E-state index is 12.4. The molecule has 32 heavy (non-hydrogen) atoms. The molecule has 0 aromatic heterocycles. The first-order valence-electron chi connectivity index (χ1n) is 10.6. The molecule has 1 aliphatic heterocycles. The first-order chi connectivity index (χ1) is 15.3. The fourth-order valence-corrected chi connectivity index (χ4v) is 3.63. The van der Waals surface area contributed by atoms with Crippen LogP contribution in [0.4, 0.5) is 0 Å². The number of phenols is 2. The van der Waals surface area contributed by atoms with Crippen LogP contribution in [0.5, 0.6) is 11.5 Å². The molecule has 1 aromatic rings. The van der Waals surface area contributed by atoms with Crippen LogP contribution in [-0.4, -0.2) is 74.7 Å². The lowest BCUT2D eigenvalue weighted by molar-refractivity contribution is -0.232. The summed E-state index contributed by atoms with van der Waals surface area (Å²) in [7, 11) is 1.14. The number of aromatic hydroxyl groups is 2. The number of methoxy groups -OCH3 is 1. The fraction of sp³-hybridized carbons (Fsp3) is 0.522. The van der Waals surface area contributed by atoms with E-state index in [0.717, 1.165) is 20.0 Å². The molecule has 178 valence electrons. The number of aliphatic hydroxyl groups excluding tert-OH is 4. The average molecular weight is 453 g/mol. The second-order valence-corrected chi connectivity index (χ2v) is 7.62. The number of phenolic OH excluding ortho intramolecular Hbond substituents is 2. The van der Waals surface area contributed by atoms with E-state index < -0.39 is 54.6 Å². The summed E-state index contributed by atoms with van der Waals surface area (Å²) in [5.41, 5.74) is -0.223. The van der Waals surface area contributed by atoms with Gasteiger partial charge in [-0.1, -0.05) is 37.6 Å². The van der Waals surface area contributed by atoms with Crippen LogP contribution in [0.3, 0.4) is 0 Å². The summed E-state index contributed by atoms with van der Waals surface area (Å²) < 4.78 is 10.2. The zero-order chi connectivity index (χ0) is 23.8. The van der Waals surface area contributed by atoms with Crippen molar-refractivity contribution in [3.8, 4) is 11.5 Å². The van der Waals surface area contributed by atoms with Gasteiger partial charge >= 0.3 is 5.97 Å². The monoisotopic (exact) mass is 452 g/mol. The molecule has 6 N–H and O–H groups in total. The van der Waals surface area contributed by atoms with Crippen molar-refractivity contribution in [2.45, 2.75) is 63.1 Å². The van der Waals surface area contributed by atoms with E-state index in [-0.39, 0.29) is 11.1 Å². The van der Waals surface area contributed by atoms with E-state index in [1.807, 2.05) is 24.3 Å². The lowest BCUT2D eigenvalue weighted by atomic mass is 9.87. The van der Waals surface area contributed by atoms with Gasteiger partial charge in [-0.05, 0) is 30.9 Å². The second kappa shape index (κ2) is 12.0. The van der Waals surface area contributed by atoms with Gasteiger partial charge in [0.2, 0.25) is 0 Å². The minimum absolute atomic E-state index is 0.202. The molecule has 1 heterocycles. The third kappa shape index (κ3) is 5.67. The van der Waals surface area contributed by atoms with Crippen LogP contribution in [-0.2, 0) is 15.9 Å². The Labute approximate surface area is 186 Å². The number of hydrogen-bond acceptors (Lipinski definition) is 9. The van der Waals surface area contributed by atoms with Crippen molar-refractivity contribution in [2.75, 3.05) is 13.7 Å². The molecule has 0 amide bonds. The number of aryl methyl sites for hydroxylation is 1. The summed E-state index contributed by atoms with van der Waals surface area (Å²) in [4.78, 5) is 12.4. The van der Waals surface area contributed by atoms with Gasteiger partial charge in [0.05, 0.1) is 19.3 Å². The maximum absolute atomic E-state index is 12.4.